The van der Waals surface area contributed by atoms with Crippen LogP contribution in [0.5, 0.6) is 0 Å². The fourth-order valence-corrected chi connectivity index (χ4v) is 1.83. The molecule has 2 rings (SSSR count). The van der Waals surface area contributed by atoms with E-state index in [-0.39, 0.29) is 11.7 Å². The summed E-state index contributed by atoms with van der Waals surface area (Å²) < 4.78 is 19.6. The van der Waals surface area contributed by atoms with E-state index < -0.39 is 5.82 Å². The molecule has 102 valence electrons. The predicted molar refractivity (Wildman–Crippen MR) is 73.7 cm³/mol. The Balaban J connectivity index is 2.07. The summed E-state index contributed by atoms with van der Waals surface area (Å²) in [5.74, 6) is 0.0538. The van der Waals surface area contributed by atoms with E-state index in [4.69, 9.17) is 4.42 Å². The van der Waals surface area contributed by atoms with Crippen LogP contribution in [0.15, 0.2) is 27.1 Å². The minimum absolute atomic E-state index is 0.159. The molecule has 0 saturated heterocycles. The molecule has 0 atom stereocenters. The second kappa shape index (κ2) is 6.12. The van der Waals surface area contributed by atoms with Crippen molar-refractivity contribution in [1.82, 2.24) is 15.5 Å². The maximum Gasteiger partial charge on any atom is 0.320 e. The van der Waals surface area contributed by atoms with E-state index in [0.29, 0.717) is 23.0 Å². The SMILES string of the molecule is CC(C)NCc1nnc(Nc2c(F)cccc2Br)o1. The van der Waals surface area contributed by atoms with Crippen molar-refractivity contribution < 1.29 is 8.81 Å². The highest BCUT2D eigenvalue weighted by Crippen LogP contribution is 2.27. The molecule has 0 unspecified atom stereocenters. The number of halogens is 2. The van der Waals surface area contributed by atoms with Crippen LogP contribution in [0.2, 0.25) is 0 Å². The average molecular weight is 329 g/mol. The minimum Gasteiger partial charge on any atom is -0.406 e. The molecule has 0 aliphatic rings. The van der Waals surface area contributed by atoms with E-state index >= 15 is 0 Å². The molecular weight excluding hydrogens is 315 g/mol. The molecule has 19 heavy (non-hydrogen) atoms. The highest BCUT2D eigenvalue weighted by Gasteiger charge is 2.11. The average Bonchev–Trinajstić information content (AvgIpc) is 2.79. The molecule has 0 saturated carbocycles. The van der Waals surface area contributed by atoms with Crippen LogP contribution in [0.4, 0.5) is 16.1 Å². The van der Waals surface area contributed by atoms with Gasteiger partial charge in [0, 0.05) is 10.5 Å². The van der Waals surface area contributed by atoms with Gasteiger partial charge in [-0.25, -0.2) is 4.39 Å². The zero-order chi connectivity index (χ0) is 13.8. The van der Waals surface area contributed by atoms with Crippen molar-refractivity contribution in [3.63, 3.8) is 0 Å². The summed E-state index contributed by atoms with van der Waals surface area (Å²) >= 11 is 3.26. The number of nitrogens with zero attached hydrogens (tertiary/aromatic N) is 2. The largest absolute Gasteiger partial charge is 0.406 e. The molecular formula is C12H14BrFN4O. The summed E-state index contributed by atoms with van der Waals surface area (Å²) in [5, 5.41) is 13.6. The number of anilines is 2. The van der Waals surface area contributed by atoms with Gasteiger partial charge < -0.3 is 15.1 Å². The summed E-state index contributed by atoms with van der Waals surface area (Å²) in [4.78, 5) is 0. The summed E-state index contributed by atoms with van der Waals surface area (Å²) in [6.07, 6.45) is 0. The summed E-state index contributed by atoms with van der Waals surface area (Å²) in [7, 11) is 0. The fraction of sp³-hybridized carbons (Fsp3) is 0.333. The standard InChI is InChI=1S/C12H14BrFN4O/c1-7(2)15-6-10-17-18-12(19-10)16-11-8(13)4-3-5-9(11)14/h3-5,7,15H,6H2,1-2H3,(H,16,18). The molecule has 1 aromatic carbocycles. The number of para-hydroxylation sites is 1. The molecule has 0 bridgehead atoms. The third kappa shape index (κ3) is 3.74. The van der Waals surface area contributed by atoms with Crippen molar-refractivity contribution in [2.45, 2.75) is 26.4 Å². The Labute approximate surface area is 118 Å². The van der Waals surface area contributed by atoms with Gasteiger partial charge in [-0.2, -0.15) is 0 Å². The molecule has 7 heteroatoms. The van der Waals surface area contributed by atoms with Crippen molar-refractivity contribution in [2.75, 3.05) is 5.32 Å². The molecule has 0 fully saturated rings. The summed E-state index contributed by atoms with van der Waals surface area (Å²) in [6.45, 7) is 4.52. The molecule has 2 aromatic rings. The van der Waals surface area contributed by atoms with Crippen molar-refractivity contribution in [3.05, 3.63) is 34.4 Å². The van der Waals surface area contributed by atoms with Crippen LogP contribution in [0, 0.1) is 5.82 Å². The third-order valence-corrected chi connectivity index (χ3v) is 2.98. The van der Waals surface area contributed by atoms with E-state index in [1.54, 1.807) is 12.1 Å². The molecule has 0 spiro atoms. The Morgan fingerprint density at radius 1 is 1.37 bits per heavy atom. The van der Waals surface area contributed by atoms with Crippen LogP contribution in [-0.4, -0.2) is 16.2 Å². The lowest BCUT2D eigenvalue weighted by Crippen LogP contribution is -2.21. The Morgan fingerprint density at radius 3 is 2.84 bits per heavy atom. The normalized spacial score (nSPS) is 11.0. The predicted octanol–water partition coefficient (Wildman–Crippen LogP) is 3.21. The molecule has 0 aliphatic heterocycles. The van der Waals surface area contributed by atoms with Crippen molar-refractivity contribution >= 4 is 27.6 Å². The molecule has 2 N–H and O–H groups in total. The van der Waals surface area contributed by atoms with Crippen LogP contribution >= 0.6 is 15.9 Å². The van der Waals surface area contributed by atoms with Gasteiger partial charge in [-0.1, -0.05) is 25.0 Å². The molecule has 1 heterocycles. The minimum atomic E-state index is -0.394. The highest BCUT2D eigenvalue weighted by molar-refractivity contribution is 9.10. The van der Waals surface area contributed by atoms with E-state index in [1.807, 2.05) is 13.8 Å². The second-order valence-corrected chi connectivity index (χ2v) is 5.11. The number of aromatic nitrogens is 2. The van der Waals surface area contributed by atoms with Gasteiger partial charge in [0.1, 0.15) is 5.82 Å². The fourth-order valence-electron chi connectivity index (χ4n) is 1.39. The van der Waals surface area contributed by atoms with Crippen molar-refractivity contribution in [3.8, 4) is 0 Å². The van der Waals surface area contributed by atoms with Crippen LogP contribution in [0.25, 0.3) is 0 Å². The Bertz CT molecular complexity index is 538. The summed E-state index contributed by atoms with van der Waals surface area (Å²) in [6, 6.07) is 5.17. The molecule has 0 amide bonds. The lowest BCUT2D eigenvalue weighted by molar-refractivity contribution is 0.460. The number of hydrogen-bond acceptors (Lipinski definition) is 5. The first kappa shape index (κ1) is 14.0. The number of benzene rings is 1. The lowest BCUT2D eigenvalue weighted by atomic mass is 10.3. The van der Waals surface area contributed by atoms with Crippen LogP contribution in [0.1, 0.15) is 19.7 Å². The van der Waals surface area contributed by atoms with Gasteiger partial charge in [0.25, 0.3) is 0 Å². The van der Waals surface area contributed by atoms with Gasteiger partial charge in [0.2, 0.25) is 5.89 Å². The monoisotopic (exact) mass is 328 g/mol. The third-order valence-electron chi connectivity index (χ3n) is 2.32. The zero-order valence-electron chi connectivity index (χ0n) is 10.6. The molecule has 0 aliphatic carbocycles. The smallest absolute Gasteiger partial charge is 0.320 e. The zero-order valence-corrected chi connectivity index (χ0v) is 12.2. The van der Waals surface area contributed by atoms with Gasteiger partial charge in [-0.3, -0.25) is 0 Å². The van der Waals surface area contributed by atoms with Crippen LogP contribution in [-0.2, 0) is 6.54 Å². The molecule has 1 aromatic heterocycles. The van der Waals surface area contributed by atoms with Crippen LogP contribution < -0.4 is 10.6 Å². The highest BCUT2D eigenvalue weighted by atomic mass is 79.9. The number of rotatable bonds is 5. The first-order valence-electron chi connectivity index (χ1n) is 5.83. The first-order valence-corrected chi connectivity index (χ1v) is 6.62. The second-order valence-electron chi connectivity index (χ2n) is 4.26. The Kier molecular flexibility index (Phi) is 4.49. The number of nitrogens with one attached hydrogen (secondary N) is 2. The van der Waals surface area contributed by atoms with E-state index in [0.717, 1.165) is 0 Å². The maximum atomic E-state index is 13.6. The van der Waals surface area contributed by atoms with Gasteiger partial charge in [-0.05, 0) is 28.1 Å². The number of hydrogen-bond donors (Lipinski definition) is 2. The van der Waals surface area contributed by atoms with Gasteiger partial charge in [0.05, 0.1) is 12.2 Å². The van der Waals surface area contributed by atoms with Crippen molar-refractivity contribution in [1.29, 1.82) is 0 Å². The quantitative estimate of drug-likeness (QED) is 0.882. The molecule has 5 nitrogen and oxygen atoms in total. The van der Waals surface area contributed by atoms with E-state index in [1.165, 1.54) is 6.07 Å². The van der Waals surface area contributed by atoms with Gasteiger partial charge in [-0.15, -0.1) is 5.10 Å². The van der Waals surface area contributed by atoms with E-state index in [2.05, 4.69) is 36.8 Å². The van der Waals surface area contributed by atoms with Gasteiger partial charge >= 0.3 is 6.01 Å². The van der Waals surface area contributed by atoms with Crippen molar-refractivity contribution in [2.24, 2.45) is 0 Å². The van der Waals surface area contributed by atoms with Crippen LogP contribution in [0.3, 0.4) is 0 Å². The summed E-state index contributed by atoms with van der Waals surface area (Å²) in [5.41, 5.74) is 0.273. The Morgan fingerprint density at radius 2 is 2.16 bits per heavy atom. The lowest BCUT2D eigenvalue weighted by Gasteiger charge is -2.05. The first-order chi connectivity index (χ1) is 9.06. The van der Waals surface area contributed by atoms with E-state index in [9.17, 15) is 4.39 Å². The molecule has 0 radical (unpaired) electrons. The van der Waals surface area contributed by atoms with Gasteiger partial charge in [0.15, 0.2) is 0 Å². The maximum absolute atomic E-state index is 13.6. The Hall–Kier alpha value is -1.47. The topological polar surface area (TPSA) is 63.0 Å².